The number of aliphatic hydroxyl groups is 2. The van der Waals surface area contributed by atoms with Gasteiger partial charge in [-0.2, -0.15) is 0 Å². The van der Waals surface area contributed by atoms with Crippen LogP contribution >= 0.6 is 0 Å². The molecule has 1 aliphatic rings. The molecule has 0 amide bonds. The van der Waals surface area contributed by atoms with Crippen LogP contribution in [0.4, 0.5) is 0 Å². The Labute approximate surface area is 106 Å². The number of ether oxygens (including phenoxy) is 1. The molecule has 3 atom stereocenters. The number of aliphatic hydroxyl groups excluding tert-OH is 2. The molecule has 0 bridgehead atoms. The summed E-state index contributed by atoms with van der Waals surface area (Å²) in [7, 11) is 0. The van der Waals surface area contributed by atoms with Crippen molar-refractivity contribution in [3.63, 3.8) is 0 Å². The Morgan fingerprint density at radius 3 is 2.27 bits per heavy atom. The van der Waals surface area contributed by atoms with Crippen LogP contribution in [0.1, 0.15) is 0 Å². The molecule has 58 valence electrons. The van der Waals surface area contributed by atoms with Crippen molar-refractivity contribution >= 4 is 5.97 Å². The van der Waals surface area contributed by atoms with Gasteiger partial charge < -0.3 is 24.9 Å². The summed E-state index contributed by atoms with van der Waals surface area (Å²) in [6, 6.07) is 0. The van der Waals surface area contributed by atoms with E-state index in [1.54, 1.807) is 0 Å². The Kier molecular flexibility index (Phi) is 5.32. The van der Waals surface area contributed by atoms with E-state index >= 15 is 0 Å². The van der Waals surface area contributed by atoms with Crippen molar-refractivity contribution < 1.29 is 76.2 Å². The Balaban J connectivity index is 0.000001000. The molecule has 1 heterocycles. The van der Waals surface area contributed by atoms with Crippen molar-refractivity contribution in [2.45, 2.75) is 18.3 Å². The molecular weight excluding hydrogens is 179 g/mol. The van der Waals surface area contributed by atoms with E-state index in [4.69, 9.17) is 10.2 Å². The molecule has 1 saturated heterocycles. The summed E-state index contributed by atoms with van der Waals surface area (Å²) in [5.41, 5.74) is 0. The van der Waals surface area contributed by atoms with Gasteiger partial charge in [-0.15, -0.1) is 0 Å². The van der Waals surface area contributed by atoms with Crippen molar-refractivity contribution in [3.8, 4) is 0 Å². The third-order valence-corrected chi connectivity index (χ3v) is 1.38. The minimum Gasteiger partial charge on any atom is -0.547 e. The molecule has 0 spiro atoms. The summed E-state index contributed by atoms with van der Waals surface area (Å²) < 4.78 is 4.48. The Bertz CT molecular complexity index is 150. The van der Waals surface area contributed by atoms with Crippen LogP contribution in [-0.2, 0) is 9.53 Å². The minimum absolute atomic E-state index is 0. The number of hydrogen-bond acceptors (Lipinski definition) is 5. The van der Waals surface area contributed by atoms with E-state index in [0.717, 1.165) is 0 Å². The fraction of sp³-hybridized carbons (Fsp3) is 0.800. The fourth-order valence-corrected chi connectivity index (χ4v) is 0.809. The second-order valence-corrected chi connectivity index (χ2v) is 2.13. The van der Waals surface area contributed by atoms with Gasteiger partial charge in [0, 0.05) is 0 Å². The molecule has 11 heavy (non-hydrogen) atoms. The molecular formula is C5H7KO5. The van der Waals surface area contributed by atoms with E-state index in [1.807, 2.05) is 0 Å². The average molecular weight is 186 g/mol. The topological polar surface area (TPSA) is 89.8 Å². The summed E-state index contributed by atoms with van der Waals surface area (Å²) >= 11 is 0. The number of carbonyl (C=O) groups excluding carboxylic acids is 1. The molecule has 2 N–H and O–H groups in total. The molecule has 0 aromatic heterocycles. The van der Waals surface area contributed by atoms with Gasteiger partial charge in [0.25, 0.3) is 0 Å². The van der Waals surface area contributed by atoms with Crippen LogP contribution < -0.4 is 56.5 Å². The van der Waals surface area contributed by atoms with E-state index in [9.17, 15) is 9.90 Å². The van der Waals surface area contributed by atoms with Gasteiger partial charge in [0.15, 0.2) is 0 Å². The number of carboxylic acid groups (broad SMARTS) is 1. The van der Waals surface area contributed by atoms with Crippen LogP contribution in [0.2, 0.25) is 0 Å². The van der Waals surface area contributed by atoms with E-state index in [2.05, 4.69) is 4.74 Å². The second-order valence-electron chi connectivity index (χ2n) is 2.13. The predicted octanol–water partition coefficient (Wildman–Crippen LogP) is -6.14. The smallest absolute Gasteiger partial charge is 0.547 e. The molecule has 1 rings (SSSR count). The van der Waals surface area contributed by atoms with Crippen molar-refractivity contribution in [1.82, 2.24) is 0 Å². The zero-order chi connectivity index (χ0) is 7.72. The van der Waals surface area contributed by atoms with Gasteiger partial charge in [-0.1, -0.05) is 0 Å². The van der Waals surface area contributed by atoms with Crippen LogP contribution in [0.3, 0.4) is 0 Å². The zero-order valence-corrected chi connectivity index (χ0v) is 9.18. The average Bonchev–Trinajstić information content (AvgIpc) is 2.14. The van der Waals surface area contributed by atoms with E-state index in [1.165, 1.54) is 0 Å². The quantitative estimate of drug-likeness (QED) is 0.398. The third kappa shape index (κ3) is 2.74. The second kappa shape index (κ2) is 4.88. The number of carbonyl (C=O) groups is 1. The van der Waals surface area contributed by atoms with E-state index < -0.39 is 24.3 Å². The molecule has 0 aromatic rings. The molecule has 1 aliphatic heterocycles. The normalized spacial score (nSPS) is 36.4. The first-order chi connectivity index (χ1) is 4.63. The number of hydrogen-bond donors (Lipinski definition) is 2. The van der Waals surface area contributed by atoms with Crippen molar-refractivity contribution in [2.75, 3.05) is 6.61 Å². The van der Waals surface area contributed by atoms with Crippen LogP contribution in [-0.4, -0.2) is 41.1 Å². The molecule has 6 heteroatoms. The predicted molar refractivity (Wildman–Crippen MR) is 26.8 cm³/mol. The summed E-state index contributed by atoms with van der Waals surface area (Å²) in [4.78, 5) is 10.1. The van der Waals surface area contributed by atoms with Crippen LogP contribution in [0.25, 0.3) is 0 Å². The van der Waals surface area contributed by atoms with Gasteiger partial charge in [0.05, 0.1) is 12.6 Å². The van der Waals surface area contributed by atoms with Crippen molar-refractivity contribution in [1.29, 1.82) is 0 Å². The SMILES string of the molecule is O=C([O-])C1OCC(O)C1O.[K+]. The monoisotopic (exact) mass is 186 g/mol. The first kappa shape index (κ1) is 12.0. The largest absolute Gasteiger partial charge is 1.00 e. The molecule has 1 fully saturated rings. The fourth-order valence-electron chi connectivity index (χ4n) is 0.809. The van der Waals surface area contributed by atoms with Gasteiger partial charge in [0.2, 0.25) is 0 Å². The number of aliphatic carboxylic acids is 1. The standard InChI is InChI=1S/C5H8O5.K/c6-2-1-10-4(3(2)7)5(8)9;/h2-4,6-7H,1H2,(H,8,9);/q;+1/p-1. The number of carboxylic acids is 1. The van der Waals surface area contributed by atoms with E-state index in [0.29, 0.717) is 0 Å². The molecule has 0 saturated carbocycles. The van der Waals surface area contributed by atoms with Crippen molar-refractivity contribution in [3.05, 3.63) is 0 Å². The maximum Gasteiger partial charge on any atom is 1.00 e. The number of rotatable bonds is 1. The molecule has 0 aliphatic carbocycles. The maximum atomic E-state index is 10.1. The Morgan fingerprint density at radius 2 is 2.09 bits per heavy atom. The van der Waals surface area contributed by atoms with Gasteiger partial charge in [-0.3, -0.25) is 0 Å². The molecule has 0 radical (unpaired) electrons. The summed E-state index contributed by atoms with van der Waals surface area (Å²) in [5, 5.41) is 27.6. The van der Waals surface area contributed by atoms with Gasteiger partial charge in [-0.05, 0) is 0 Å². The first-order valence-corrected chi connectivity index (χ1v) is 2.81. The van der Waals surface area contributed by atoms with E-state index in [-0.39, 0.29) is 58.0 Å². The summed E-state index contributed by atoms with van der Waals surface area (Å²) in [6.45, 7) is -0.153. The molecule has 5 nitrogen and oxygen atoms in total. The van der Waals surface area contributed by atoms with Crippen molar-refractivity contribution in [2.24, 2.45) is 0 Å². The van der Waals surface area contributed by atoms with Gasteiger partial charge >= 0.3 is 51.4 Å². The first-order valence-electron chi connectivity index (χ1n) is 2.81. The van der Waals surface area contributed by atoms with Crippen LogP contribution in [0, 0.1) is 0 Å². The molecule has 0 aromatic carbocycles. The summed E-state index contributed by atoms with van der Waals surface area (Å²) in [6.07, 6.45) is -3.84. The van der Waals surface area contributed by atoms with Gasteiger partial charge in [-0.25, -0.2) is 0 Å². The van der Waals surface area contributed by atoms with Crippen LogP contribution in [0.15, 0.2) is 0 Å². The minimum atomic E-state index is -1.50. The maximum absolute atomic E-state index is 10.1. The van der Waals surface area contributed by atoms with Crippen LogP contribution in [0.5, 0.6) is 0 Å². The third-order valence-electron chi connectivity index (χ3n) is 1.38. The Morgan fingerprint density at radius 1 is 1.55 bits per heavy atom. The summed E-state index contributed by atoms with van der Waals surface area (Å²) in [5.74, 6) is -1.50. The molecule has 3 unspecified atom stereocenters. The van der Waals surface area contributed by atoms with Gasteiger partial charge in [0.1, 0.15) is 18.3 Å². The Hall–Kier alpha value is 0.986. The zero-order valence-electron chi connectivity index (χ0n) is 6.06.